The van der Waals surface area contributed by atoms with E-state index < -0.39 is 7.14 Å². The van der Waals surface area contributed by atoms with Gasteiger partial charge in [-0.2, -0.15) is 0 Å². The van der Waals surface area contributed by atoms with Gasteiger partial charge in [0.15, 0.2) is 0 Å². The Morgan fingerprint density at radius 1 is 1.13 bits per heavy atom. The second-order valence-corrected chi connectivity index (χ2v) is 9.16. The fourth-order valence-corrected chi connectivity index (χ4v) is 2.62. The fraction of sp³-hybridized carbons (Fsp3) is 0.611. The zero-order chi connectivity index (χ0) is 17.9. The van der Waals surface area contributed by atoms with Gasteiger partial charge in [0.05, 0.1) is 5.56 Å². The monoisotopic (exact) mass is 344 g/mol. The molecule has 1 amide bonds. The number of hydrogen-bond donors (Lipinski definition) is 2. The van der Waals surface area contributed by atoms with Crippen LogP contribution in [0.2, 0.25) is 0 Å². The van der Waals surface area contributed by atoms with Gasteiger partial charge in [0.25, 0.3) is 5.91 Å². The lowest BCUT2D eigenvalue weighted by molar-refractivity contribution is 0.0964. The molecule has 0 atom stereocenters. The number of hydrogen-bond acceptors (Lipinski definition) is 3. The zero-order valence-corrected chi connectivity index (χ0v) is 16.4. The Morgan fingerprint density at radius 2 is 1.74 bits per heavy atom. The molecule has 0 unspecified atom stereocenters. The minimum atomic E-state index is -2.35. The van der Waals surface area contributed by atoms with Crippen molar-refractivity contribution >= 4 is 24.0 Å². The average Bonchev–Trinajstić information content (AvgIpc) is 2.53. The molecule has 1 aromatic carbocycles. The maximum absolute atomic E-state index is 12.1. The van der Waals surface area contributed by atoms with E-state index in [0.717, 1.165) is 30.4 Å². The Labute approximate surface area is 144 Å². The van der Waals surface area contributed by atoms with Crippen molar-refractivity contribution in [1.29, 1.82) is 0 Å². The molecule has 0 aliphatic carbocycles. The van der Waals surface area contributed by atoms with E-state index in [1.54, 1.807) is 26.4 Å². The molecule has 0 fully saturated rings. The SMILES string of the molecule is CCCC.CCCCNc1ccc(P(C)(C)=O)cc1C(=O)NC.[HH].[HH]. The predicted octanol–water partition coefficient (Wildman–Crippen LogP) is 4.80. The molecule has 0 heterocycles. The molecular weight excluding hydrogens is 307 g/mol. The minimum Gasteiger partial charge on any atom is -0.384 e. The molecule has 0 aliphatic rings. The second-order valence-electron chi connectivity index (χ2n) is 5.94. The smallest absolute Gasteiger partial charge is 0.253 e. The Bertz CT molecular complexity index is 532. The van der Waals surface area contributed by atoms with E-state index in [0.29, 0.717) is 5.56 Å². The molecule has 0 spiro atoms. The molecule has 0 saturated carbocycles. The van der Waals surface area contributed by atoms with Crippen LogP contribution in [0.5, 0.6) is 0 Å². The molecule has 0 bridgehead atoms. The third-order valence-corrected chi connectivity index (χ3v) is 4.96. The number of nitrogens with one attached hydrogen (secondary N) is 2. The van der Waals surface area contributed by atoms with Crippen molar-refractivity contribution in [3.63, 3.8) is 0 Å². The summed E-state index contributed by atoms with van der Waals surface area (Å²) in [7, 11) is -0.755. The van der Waals surface area contributed by atoms with Crippen LogP contribution in [-0.4, -0.2) is 32.8 Å². The number of rotatable bonds is 7. The predicted molar refractivity (Wildman–Crippen MR) is 107 cm³/mol. The van der Waals surface area contributed by atoms with E-state index in [1.807, 2.05) is 12.1 Å². The molecule has 0 aliphatic heterocycles. The number of anilines is 1. The van der Waals surface area contributed by atoms with E-state index in [-0.39, 0.29) is 8.76 Å². The van der Waals surface area contributed by atoms with Crippen molar-refractivity contribution in [2.45, 2.75) is 46.5 Å². The number of benzene rings is 1. The first-order valence-electron chi connectivity index (χ1n) is 8.47. The van der Waals surface area contributed by atoms with Gasteiger partial charge in [0.1, 0.15) is 7.14 Å². The van der Waals surface area contributed by atoms with Gasteiger partial charge in [-0.05, 0) is 37.9 Å². The van der Waals surface area contributed by atoms with E-state index in [1.165, 1.54) is 12.8 Å². The van der Waals surface area contributed by atoms with E-state index >= 15 is 0 Å². The zero-order valence-electron chi connectivity index (χ0n) is 15.5. The maximum atomic E-state index is 12.1. The van der Waals surface area contributed by atoms with Gasteiger partial charge < -0.3 is 15.2 Å². The third kappa shape index (κ3) is 8.22. The van der Waals surface area contributed by atoms with Gasteiger partial charge >= 0.3 is 0 Å². The van der Waals surface area contributed by atoms with Crippen molar-refractivity contribution in [3.8, 4) is 0 Å². The van der Waals surface area contributed by atoms with Crippen LogP contribution in [0.3, 0.4) is 0 Å². The lowest BCUT2D eigenvalue weighted by atomic mass is 10.1. The van der Waals surface area contributed by atoms with Crippen LogP contribution in [0.15, 0.2) is 18.2 Å². The third-order valence-electron chi connectivity index (χ3n) is 3.44. The highest BCUT2D eigenvalue weighted by Crippen LogP contribution is 2.35. The number of unbranched alkanes of at least 4 members (excludes halogenated alkanes) is 2. The largest absolute Gasteiger partial charge is 0.384 e. The van der Waals surface area contributed by atoms with Crippen LogP contribution >= 0.6 is 7.14 Å². The summed E-state index contributed by atoms with van der Waals surface area (Å²) in [5.74, 6) is -0.158. The Hall–Kier alpha value is -1.28. The maximum Gasteiger partial charge on any atom is 0.253 e. The minimum absolute atomic E-state index is 0. The lowest BCUT2D eigenvalue weighted by Gasteiger charge is -2.14. The van der Waals surface area contributed by atoms with Crippen LogP contribution in [0.1, 0.15) is 59.7 Å². The summed E-state index contributed by atoms with van der Waals surface area (Å²) in [5.41, 5.74) is 1.35. The van der Waals surface area contributed by atoms with Crippen LogP contribution in [-0.2, 0) is 4.57 Å². The van der Waals surface area contributed by atoms with Crippen LogP contribution < -0.4 is 15.9 Å². The first kappa shape index (κ1) is 21.7. The van der Waals surface area contributed by atoms with Crippen molar-refractivity contribution in [2.75, 3.05) is 32.2 Å². The van der Waals surface area contributed by atoms with Gasteiger partial charge in [-0.1, -0.05) is 40.0 Å². The molecule has 1 aromatic rings. The number of carbonyl (C=O) groups excluding carboxylic acids is 1. The van der Waals surface area contributed by atoms with Gasteiger partial charge in [-0.15, -0.1) is 0 Å². The molecule has 0 radical (unpaired) electrons. The van der Waals surface area contributed by atoms with Crippen LogP contribution in [0.25, 0.3) is 0 Å². The summed E-state index contributed by atoms with van der Waals surface area (Å²) in [6, 6.07) is 5.41. The Morgan fingerprint density at radius 3 is 2.17 bits per heavy atom. The van der Waals surface area contributed by atoms with Crippen molar-refractivity contribution in [1.82, 2.24) is 5.32 Å². The van der Waals surface area contributed by atoms with Gasteiger partial charge in [0, 0.05) is 27.4 Å². The second kappa shape index (κ2) is 11.3. The molecule has 23 heavy (non-hydrogen) atoms. The average molecular weight is 344 g/mol. The molecule has 2 N–H and O–H groups in total. The number of carbonyl (C=O) groups is 1. The summed E-state index contributed by atoms with van der Waals surface area (Å²) in [5, 5.41) is 6.61. The topological polar surface area (TPSA) is 58.2 Å². The standard InChI is InChI=1S/C14H23N2O2P.C4H10.2H2/c1-5-6-9-16-13-8-7-11(19(3,4)18)10-12(13)14(17)15-2;1-3-4-2;;/h7-8,10,16H,5-6,9H2,1-4H3,(H,15,17);3-4H2,1-2H3;2*1H. The Kier molecular flexibility index (Phi) is 10.7. The van der Waals surface area contributed by atoms with Gasteiger partial charge in [-0.25, -0.2) is 0 Å². The summed E-state index contributed by atoms with van der Waals surface area (Å²) in [6.07, 6.45) is 4.79. The van der Waals surface area contributed by atoms with Crippen molar-refractivity contribution < 1.29 is 12.2 Å². The summed E-state index contributed by atoms with van der Waals surface area (Å²) in [6.45, 7) is 10.7. The molecule has 0 saturated heterocycles. The van der Waals surface area contributed by atoms with E-state index in [4.69, 9.17) is 0 Å². The molecule has 136 valence electrons. The number of amides is 1. The molecule has 1 rings (SSSR count). The van der Waals surface area contributed by atoms with E-state index in [9.17, 15) is 9.36 Å². The lowest BCUT2D eigenvalue weighted by Crippen LogP contribution is -2.22. The van der Waals surface area contributed by atoms with Crippen molar-refractivity contribution in [2.24, 2.45) is 0 Å². The summed E-state index contributed by atoms with van der Waals surface area (Å²) >= 11 is 0. The Balaban J connectivity index is -0.000000728. The van der Waals surface area contributed by atoms with Gasteiger partial charge in [0.2, 0.25) is 0 Å². The quantitative estimate of drug-likeness (QED) is 0.551. The first-order chi connectivity index (χ1) is 10.8. The highest BCUT2D eigenvalue weighted by atomic mass is 31.2. The van der Waals surface area contributed by atoms with Gasteiger partial charge in [-0.3, -0.25) is 4.79 Å². The molecule has 5 heteroatoms. The normalized spacial score (nSPS) is 10.5. The molecule has 0 aromatic heterocycles. The van der Waals surface area contributed by atoms with Crippen LogP contribution in [0, 0.1) is 0 Å². The highest BCUT2D eigenvalue weighted by molar-refractivity contribution is 7.70. The summed E-state index contributed by atoms with van der Waals surface area (Å²) < 4.78 is 12.1. The van der Waals surface area contributed by atoms with Crippen molar-refractivity contribution in [3.05, 3.63) is 23.8 Å². The fourth-order valence-electron chi connectivity index (χ4n) is 1.74. The molecule has 4 nitrogen and oxygen atoms in total. The van der Waals surface area contributed by atoms with Crippen LogP contribution in [0.4, 0.5) is 5.69 Å². The first-order valence-corrected chi connectivity index (χ1v) is 11.1. The molecular formula is C18H37N2O2P. The summed E-state index contributed by atoms with van der Waals surface area (Å²) in [4.78, 5) is 11.9. The van der Waals surface area contributed by atoms with E-state index in [2.05, 4.69) is 31.4 Å². The highest BCUT2D eigenvalue weighted by Gasteiger charge is 2.16.